The summed E-state index contributed by atoms with van der Waals surface area (Å²) in [7, 11) is 0. The lowest BCUT2D eigenvalue weighted by atomic mass is 9.89. The van der Waals surface area contributed by atoms with Crippen molar-refractivity contribution in [2.75, 3.05) is 19.6 Å². The fourth-order valence-corrected chi connectivity index (χ4v) is 2.83. The Labute approximate surface area is 132 Å². The second kappa shape index (κ2) is 7.12. The Morgan fingerprint density at radius 2 is 2.04 bits per heavy atom. The van der Waals surface area contributed by atoms with E-state index in [1.54, 1.807) is 0 Å². The minimum Gasteiger partial charge on any atom is -0.370 e. The summed E-state index contributed by atoms with van der Waals surface area (Å²) in [5.41, 5.74) is 4.38. The van der Waals surface area contributed by atoms with E-state index in [2.05, 4.69) is 0 Å². The van der Waals surface area contributed by atoms with Crippen LogP contribution in [0.4, 0.5) is 13.2 Å². The van der Waals surface area contributed by atoms with Crippen molar-refractivity contribution < 1.29 is 22.8 Å². The van der Waals surface area contributed by atoms with Gasteiger partial charge in [0.15, 0.2) is 5.78 Å². The number of rotatable bonds is 5. The first-order valence-corrected chi connectivity index (χ1v) is 7.49. The number of Topliss-reactive ketones (excluding diaryl/α,β-unsaturated/α-hetero) is 1. The molecular weight excluding hydrogens is 309 g/mol. The van der Waals surface area contributed by atoms with Crippen molar-refractivity contribution in [1.82, 2.24) is 4.90 Å². The SMILES string of the molecule is NC(=O)CCN1CCCC(C(=O)c2cccc(C(F)(F)F)c2)C1. The average molecular weight is 328 g/mol. The number of hydrogen-bond acceptors (Lipinski definition) is 3. The number of likely N-dealkylation sites (tertiary alicyclic amines) is 1. The molecule has 23 heavy (non-hydrogen) atoms. The van der Waals surface area contributed by atoms with Crippen LogP contribution >= 0.6 is 0 Å². The lowest BCUT2D eigenvalue weighted by Crippen LogP contribution is -2.40. The number of primary amides is 1. The first-order chi connectivity index (χ1) is 10.8. The zero-order valence-electron chi connectivity index (χ0n) is 12.6. The molecule has 2 rings (SSSR count). The number of nitrogens with two attached hydrogens (primary N) is 1. The van der Waals surface area contributed by atoms with Crippen molar-refractivity contribution in [1.29, 1.82) is 0 Å². The maximum atomic E-state index is 12.7. The maximum Gasteiger partial charge on any atom is 0.416 e. The lowest BCUT2D eigenvalue weighted by molar-refractivity contribution is -0.137. The quantitative estimate of drug-likeness (QED) is 0.845. The Hall–Kier alpha value is -1.89. The van der Waals surface area contributed by atoms with Crippen LogP contribution in [0.5, 0.6) is 0 Å². The molecule has 0 saturated carbocycles. The van der Waals surface area contributed by atoms with Crippen molar-refractivity contribution in [3.05, 3.63) is 35.4 Å². The van der Waals surface area contributed by atoms with Crippen LogP contribution in [0.15, 0.2) is 24.3 Å². The number of halogens is 3. The van der Waals surface area contributed by atoms with Gasteiger partial charge in [0.05, 0.1) is 5.56 Å². The lowest BCUT2D eigenvalue weighted by Gasteiger charge is -2.31. The molecule has 1 amide bonds. The molecule has 1 aliphatic heterocycles. The van der Waals surface area contributed by atoms with Crippen molar-refractivity contribution >= 4 is 11.7 Å². The van der Waals surface area contributed by atoms with Crippen LogP contribution in [0.3, 0.4) is 0 Å². The predicted molar refractivity (Wildman–Crippen MR) is 78.7 cm³/mol. The highest BCUT2D eigenvalue weighted by atomic mass is 19.4. The van der Waals surface area contributed by atoms with E-state index in [0.717, 1.165) is 25.1 Å². The van der Waals surface area contributed by atoms with E-state index in [1.165, 1.54) is 12.1 Å². The highest BCUT2D eigenvalue weighted by molar-refractivity contribution is 5.98. The molecular formula is C16H19F3N2O2. The summed E-state index contributed by atoms with van der Waals surface area (Å²) in [5, 5.41) is 0. The summed E-state index contributed by atoms with van der Waals surface area (Å²) >= 11 is 0. The van der Waals surface area contributed by atoms with E-state index in [9.17, 15) is 22.8 Å². The van der Waals surface area contributed by atoms with Crippen LogP contribution in [-0.4, -0.2) is 36.2 Å². The maximum absolute atomic E-state index is 12.7. The Morgan fingerprint density at radius 1 is 1.30 bits per heavy atom. The standard InChI is InChI=1S/C16H19F3N2O2/c17-16(18,19)13-5-1-3-11(9-13)15(23)12-4-2-7-21(10-12)8-6-14(20)22/h1,3,5,9,12H,2,4,6-8,10H2,(H2,20,22). The minimum absolute atomic E-state index is 0.0848. The minimum atomic E-state index is -4.46. The van der Waals surface area contributed by atoms with Crippen LogP contribution in [0, 0.1) is 5.92 Å². The Morgan fingerprint density at radius 3 is 2.70 bits per heavy atom. The van der Waals surface area contributed by atoms with Crippen LogP contribution in [0.2, 0.25) is 0 Å². The van der Waals surface area contributed by atoms with E-state index >= 15 is 0 Å². The predicted octanol–water partition coefficient (Wildman–Crippen LogP) is 2.48. The molecule has 4 nitrogen and oxygen atoms in total. The number of hydrogen-bond donors (Lipinski definition) is 1. The molecule has 0 spiro atoms. The molecule has 0 radical (unpaired) electrons. The molecule has 2 N–H and O–H groups in total. The smallest absolute Gasteiger partial charge is 0.370 e. The molecule has 0 bridgehead atoms. The number of amides is 1. The van der Waals surface area contributed by atoms with E-state index in [4.69, 9.17) is 5.73 Å². The Balaban J connectivity index is 2.06. The van der Waals surface area contributed by atoms with Gasteiger partial charge in [-0.05, 0) is 31.5 Å². The molecule has 1 aromatic rings. The van der Waals surface area contributed by atoms with E-state index < -0.39 is 17.6 Å². The number of benzene rings is 1. The molecule has 126 valence electrons. The second-order valence-corrected chi connectivity index (χ2v) is 5.80. The van der Waals surface area contributed by atoms with Crippen LogP contribution in [0.1, 0.15) is 35.2 Å². The van der Waals surface area contributed by atoms with Gasteiger partial charge in [-0.3, -0.25) is 9.59 Å². The second-order valence-electron chi connectivity index (χ2n) is 5.80. The zero-order valence-corrected chi connectivity index (χ0v) is 12.6. The molecule has 1 heterocycles. The molecule has 0 aliphatic carbocycles. The van der Waals surface area contributed by atoms with Crippen LogP contribution < -0.4 is 5.73 Å². The van der Waals surface area contributed by atoms with Gasteiger partial charge in [-0.25, -0.2) is 0 Å². The van der Waals surface area contributed by atoms with Gasteiger partial charge in [0.2, 0.25) is 5.91 Å². The van der Waals surface area contributed by atoms with Gasteiger partial charge < -0.3 is 10.6 Å². The summed E-state index contributed by atoms with van der Waals surface area (Å²) < 4.78 is 38.2. The number of nitrogens with zero attached hydrogens (tertiary/aromatic N) is 1. The summed E-state index contributed by atoms with van der Waals surface area (Å²) in [5.74, 6) is -1.03. The number of alkyl halides is 3. The fraction of sp³-hybridized carbons (Fsp3) is 0.500. The molecule has 1 unspecified atom stereocenters. The van der Waals surface area contributed by atoms with Crippen molar-refractivity contribution in [3.8, 4) is 0 Å². The van der Waals surface area contributed by atoms with Crippen LogP contribution in [0.25, 0.3) is 0 Å². The Kier molecular flexibility index (Phi) is 5.41. The van der Waals surface area contributed by atoms with Gasteiger partial charge in [-0.2, -0.15) is 13.2 Å². The van der Waals surface area contributed by atoms with Gasteiger partial charge in [0, 0.05) is 31.0 Å². The third-order valence-electron chi connectivity index (χ3n) is 4.03. The number of carbonyl (C=O) groups is 2. The van der Waals surface area contributed by atoms with E-state index in [-0.39, 0.29) is 23.7 Å². The molecule has 1 atom stereocenters. The topological polar surface area (TPSA) is 63.4 Å². The van der Waals surface area contributed by atoms with E-state index in [1.807, 2.05) is 4.90 Å². The average Bonchev–Trinajstić information content (AvgIpc) is 2.52. The summed E-state index contributed by atoms with van der Waals surface area (Å²) in [4.78, 5) is 25.3. The third kappa shape index (κ3) is 4.79. The third-order valence-corrected chi connectivity index (χ3v) is 4.03. The summed E-state index contributed by atoms with van der Waals surface area (Å²) in [6.45, 7) is 1.68. The first-order valence-electron chi connectivity index (χ1n) is 7.49. The van der Waals surface area contributed by atoms with Crippen molar-refractivity contribution in [2.45, 2.75) is 25.4 Å². The molecule has 1 aliphatic rings. The fourth-order valence-electron chi connectivity index (χ4n) is 2.83. The van der Waals surface area contributed by atoms with Crippen molar-refractivity contribution in [2.24, 2.45) is 11.7 Å². The highest BCUT2D eigenvalue weighted by Crippen LogP contribution is 2.30. The van der Waals surface area contributed by atoms with Gasteiger partial charge in [0.1, 0.15) is 0 Å². The van der Waals surface area contributed by atoms with Gasteiger partial charge in [0.25, 0.3) is 0 Å². The monoisotopic (exact) mass is 328 g/mol. The first kappa shape index (κ1) is 17.5. The molecule has 1 fully saturated rings. The molecule has 7 heteroatoms. The van der Waals surface area contributed by atoms with E-state index in [0.29, 0.717) is 19.5 Å². The van der Waals surface area contributed by atoms with Gasteiger partial charge >= 0.3 is 6.18 Å². The normalized spacial score (nSPS) is 19.5. The van der Waals surface area contributed by atoms with Gasteiger partial charge in [-0.1, -0.05) is 12.1 Å². The highest BCUT2D eigenvalue weighted by Gasteiger charge is 2.32. The largest absolute Gasteiger partial charge is 0.416 e. The summed E-state index contributed by atoms with van der Waals surface area (Å²) in [6, 6.07) is 4.53. The number of ketones is 1. The van der Waals surface area contributed by atoms with Crippen molar-refractivity contribution in [3.63, 3.8) is 0 Å². The molecule has 0 aromatic heterocycles. The number of piperidine rings is 1. The zero-order chi connectivity index (χ0) is 17.0. The van der Waals surface area contributed by atoms with Gasteiger partial charge in [-0.15, -0.1) is 0 Å². The molecule has 1 saturated heterocycles. The molecule has 1 aromatic carbocycles. The van der Waals surface area contributed by atoms with Crippen LogP contribution in [-0.2, 0) is 11.0 Å². The Bertz CT molecular complexity index is 587. The number of carbonyl (C=O) groups excluding carboxylic acids is 2. The summed E-state index contributed by atoms with van der Waals surface area (Å²) in [6.07, 6.45) is -2.84.